The van der Waals surface area contributed by atoms with Gasteiger partial charge in [0, 0.05) is 25.2 Å². The summed E-state index contributed by atoms with van der Waals surface area (Å²) < 4.78 is 7.11. The van der Waals surface area contributed by atoms with Gasteiger partial charge in [0.1, 0.15) is 11.4 Å². The van der Waals surface area contributed by atoms with E-state index in [-0.39, 0.29) is 0 Å². The van der Waals surface area contributed by atoms with E-state index in [2.05, 4.69) is 32.6 Å². The first-order valence-electron chi connectivity index (χ1n) is 8.93. The molecular formula is C19H24N6O. The van der Waals surface area contributed by atoms with Gasteiger partial charge in [-0.25, -0.2) is 0 Å². The van der Waals surface area contributed by atoms with Gasteiger partial charge in [-0.2, -0.15) is 5.10 Å². The van der Waals surface area contributed by atoms with Crippen LogP contribution < -0.4 is 10.1 Å². The molecule has 1 atom stereocenters. The number of methoxy groups -OCH3 is 1. The molecule has 0 saturated carbocycles. The lowest BCUT2D eigenvalue weighted by molar-refractivity contribution is 0.261. The van der Waals surface area contributed by atoms with Crippen molar-refractivity contribution in [3.63, 3.8) is 0 Å². The van der Waals surface area contributed by atoms with Crippen molar-refractivity contribution in [3.8, 4) is 17.0 Å². The number of hydrogen-bond acceptors (Lipinski definition) is 6. The van der Waals surface area contributed by atoms with Crippen molar-refractivity contribution >= 4 is 16.7 Å². The lowest BCUT2D eigenvalue weighted by atomic mass is 10.1. The Morgan fingerprint density at radius 1 is 1.15 bits per heavy atom. The van der Waals surface area contributed by atoms with E-state index in [1.165, 1.54) is 6.42 Å². The number of ether oxygens (including phenoxy) is 1. The highest BCUT2D eigenvalue weighted by molar-refractivity contribution is 5.97. The minimum Gasteiger partial charge on any atom is -0.497 e. The highest BCUT2D eigenvalue weighted by Gasteiger charge is 2.21. The van der Waals surface area contributed by atoms with Crippen molar-refractivity contribution < 1.29 is 4.74 Å². The Kier molecular flexibility index (Phi) is 4.46. The lowest BCUT2D eigenvalue weighted by Crippen LogP contribution is -2.40. The first-order valence-corrected chi connectivity index (χ1v) is 8.93. The predicted octanol–water partition coefficient (Wildman–Crippen LogP) is 2.55. The Balaban J connectivity index is 1.71. The second-order valence-electron chi connectivity index (χ2n) is 6.90. The Morgan fingerprint density at radius 2 is 1.96 bits per heavy atom. The fourth-order valence-electron chi connectivity index (χ4n) is 3.62. The molecule has 0 radical (unpaired) electrons. The van der Waals surface area contributed by atoms with E-state index >= 15 is 0 Å². The van der Waals surface area contributed by atoms with Crippen LogP contribution in [-0.4, -0.2) is 58.2 Å². The molecule has 1 saturated heterocycles. The van der Waals surface area contributed by atoms with E-state index in [4.69, 9.17) is 4.74 Å². The Morgan fingerprint density at radius 3 is 2.69 bits per heavy atom. The minimum absolute atomic E-state index is 0.387. The molecule has 1 unspecified atom stereocenters. The van der Waals surface area contributed by atoms with Crippen molar-refractivity contribution in [2.45, 2.75) is 18.9 Å². The monoisotopic (exact) mass is 352 g/mol. The summed E-state index contributed by atoms with van der Waals surface area (Å²) in [6, 6.07) is 8.25. The van der Waals surface area contributed by atoms with Crippen LogP contribution >= 0.6 is 0 Å². The molecule has 0 bridgehead atoms. The Bertz CT molecular complexity index is 904. The summed E-state index contributed by atoms with van der Waals surface area (Å²) >= 11 is 0. The Labute approximate surface area is 153 Å². The number of benzene rings is 1. The summed E-state index contributed by atoms with van der Waals surface area (Å²) in [5.74, 6) is 1.63. The molecule has 0 spiro atoms. The average Bonchev–Trinajstić information content (AvgIpc) is 3.05. The molecular weight excluding hydrogens is 328 g/mol. The zero-order chi connectivity index (χ0) is 18.1. The van der Waals surface area contributed by atoms with Gasteiger partial charge in [-0.1, -0.05) is 0 Å². The molecule has 1 aromatic carbocycles. The number of rotatable bonds is 4. The van der Waals surface area contributed by atoms with Crippen LogP contribution in [-0.2, 0) is 7.05 Å². The standard InChI is InChI=1S/C19H24N6O/c1-24-10-4-5-14(12-24)21-19-16-11-20-25(2)18(16)17(22-23-19)13-6-8-15(26-3)9-7-13/h6-9,11,14H,4-5,10,12H2,1-3H3,(H,21,23). The SMILES string of the molecule is COc1ccc(-c2nnc(NC3CCCN(C)C3)c3cnn(C)c23)cc1. The van der Waals surface area contributed by atoms with Crippen molar-refractivity contribution in [2.24, 2.45) is 7.05 Å². The topological polar surface area (TPSA) is 68.1 Å². The number of aryl methyl sites for hydroxylation is 1. The number of likely N-dealkylation sites (tertiary alicyclic amines) is 1. The van der Waals surface area contributed by atoms with Crippen molar-refractivity contribution in [1.29, 1.82) is 0 Å². The van der Waals surface area contributed by atoms with E-state index in [0.29, 0.717) is 6.04 Å². The number of hydrogen-bond donors (Lipinski definition) is 1. The van der Waals surface area contributed by atoms with E-state index in [0.717, 1.165) is 53.2 Å². The lowest BCUT2D eigenvalue weighted by Gasteiger charge is -2.30. The normalized spacial score (nSPS) is 18.2. The van der Waals surface area contributed by atoms with Crippen molar-refractivity contribution in [3.05, 3.63) is 30.5 Å². The van der Waals surface area contributed by atoms with Crippen LogP contribution in [0.1, 0.15) is 12.8 Å². The van der Waals surface area contributed by atoms with Crippen LogP contribution in [0.25, 0.3) is 22.2 Å². The molecule has 7 heteroatoms. The maximum Gasteiger partial charge on any atom is 0.160 e. The number of fused-ring (bicyclic) bond motifs is 1. The molecule has 26 heavy (non-hydrogen) atoms. The number of anilines is 1. The summed E-state index contributed by atoms with van der Waals surface area (Å²) in [6.45, 7) is 2.17. The quantitative estimate of drug-likeness (QED) is 0.778. The summed E-state index contributed by atoms with van der Waals surface area (Å²) in [5.41, 5.74) is 2.81. The molecule has 136 valence electrons. The summed E-state index contributed by atoms with van der Waals surface area (Å²) in [4.78, 5) is 2.35. The number of nitrogens with one attached hydrogen (secondary N) is 1. The van der Waals surface area contributed by atoms with Gasteiger partial charge >= 0.3 is 0 Å². The number of piperidine rings is 1. The molecule has 0 amide bonds. The smallest absolute Gasteiger partial charge is 0.160 e. The fraction of sp³-hybridized carbons (Fsp3) is 0.421. The molecule has 4 rings (SSSR count). The molecule has 0 aliphatic carbocycles. The van der Waals surface area contributed by atoms with Crippen LogP contribution in [0.4, 0.5) is 5.82 Å². The van der Waals surface area contributed by atoms with Gasteiger partial charge in [0.2, 0.25) is 0 Å². The van der Waals surface area contributed by atoms with Gasteiger partial charge in [-0.15, -0.1) is 10.2 Å². The van der Waals surface area contributed by atoms with Gasteiger partial charge in [0.05, 0.1) is 24.2 Å². The molecule has 1 fully saturated rings. The zero-order valence-corrected chi connectivity index (χ0v) is 15.4. The second-order valence-corrected chi connectivity index (χ2v) is 6.90. The first kappa shape index (κ1) is 16.8. The summed E-state index contributed by atoms with van der Waals surface area (Å²) in [5, 5.41) is 18.0. The molecule has 1 aliphatic heterocycles. The zero-order valence-electron chi connectivity index (χ0n) is 15.4. The predicted molar refractivity (Wildman–Crippen MR) is 102 cm³/mol. The van der Waals surface area contributed by atoms with E-state index < -0.39 is 0 Å². The number of nitrogens with zero attached hydrogens (tertiary/aromatic N) is 5. The second kappa shape index (κ2) is 6.92. The largest absolute Gasteiger partial charge is 0.497 e. The van der Waals surface area contributed by atoms with Crippen molar-refractivity contribution in [1.82, 2.24) is 24.9 Å². The summed E-state index contributed by atoms with van der Waals surface area (Å²) in [6.07, 6.45) is 4.21. The van der Waals surface area contributed by atoms with Gasteiger partial charge in [-0.3, -0.25) is 4.68 Å². The first-order chi connectivity index (χ1) is 12.7. The molecule has 1 aliphatic rings. The van der Waals surface area contributed by atoms with Gasteiger partial charge < -0.3 is 15.0 Å². The molecule has 3 heterocycles. The van der Waals surface area contributed by atoms with Gasteiger partial charge in [0.25, 0.3) is 0 Å². The highest BCUT2D eigenvalue weighted by Crippen LogP contribution is 2.31. The third kappa shape index (κ3) is 3.10. The highest BCUT2D eigenvalue weighted by atomic mass is 16.5. The molecule has 7 nitrogen and oxygen atoms in total. The van der Waals surface area contributed by atoms with E-state index in [9.17, 15) is 0 Å². The van der Waals surface area contributed by atoms with E-state index in [1.807, 2.05) is 42.2 Å². The maximum atomic E-state index is 5.25. The minimum atomic E-state index is 0.387. The van der Waals surface area contributed by atoms with Crippen LogP contribution in [0.3, 0.4) is 0 Å². The van der Waals surface area contributed by atoms with Gasteiger partial charge in [0.15, 0.2) is 5.82 Å². The van der Waals surface area contributed by atoms with Crippen LogP contribution in [0.5, 0.6) is 5.75 Å². The van der Waals surface area contributed by atoms with Gasteiger partial charge in [-0.05, 0) is 50.7 Å². The third-order valence-electron chi connectivity index (χ3n) is 5.00. The van der Waals surface area contributed by atoms with Crippen LogP contribution in [0.15, 0.2) is 30.5 Å². The van der Waals surface area contributed by atoms with Crippen LogP contribution in [0, 0.1) is 0 Å². The molecule has 3 aromatic rings. The number of likely N-dealkylation sites (N-methyl/N-ethyl adjacent to an activating group) is 1. The summed E-state index contributed by atoms with van der Waals surface area (Å²) in [7, 11) is 5.76. The average molecular weight is 352 g/mol. The van der Waals surface area contributed by atoms with Crippen LogP contribution in [0.2, 0.25) is 0 Å². The number of aromatic nitrogens is 4. The van der Waals surface area contributed by atoms with Crippen molar-refractivity contribution in [2.75, 3.05) is 32.6 Å². The maximum absolute atomic E-state index is 5.25. The molecule has 1 N–H and O–H groups in total. The third-order valence-corrected chi connectivity index (χ3v) is 5.00. The fourth-order valence-corrected chi connectivity index (χ4v) is 3.62. The van der Waals surface area contributed by atoms with E-state index in [1.54, 1.807) is 7.11 Å². The Hall–Kier alpha value is -2.67. The molecule has 2 aromatic heterocycles.